The molecule has 0 spiro atoms. The number of hydrogen-bond donors (Lipinski definition) is 0. The van der Waals surface area contributed by atoms with E-state index in [1.54, 1.807) is 0 Å². The number of anilines is 1. The van der Waals surface area contributed by atoms with E-state index < -0.39 is 0 Å². The Bertz CT molecular complexity index is 276. The van der Waals surface area contributed by atoms with E-state index in [1.807, 2.05) is 26.2 Å². The van der Waals surface area contributed by atoms with Crippen LogP contribution in [0.2, 0.25) is 6.04 Å². The fourth-order valence-corrected chi connectivity index (χ4v) is 1.47. The van der Waals surface area contributed by atoms with Crippen LogP contribution in [0.5, 0.6) is 5.75 Å². The molecule has 0 aliphatic heterocycles. The van der Waals surface area contributed by atoms with E-state index in [2.05, 4.69) is 17.0 Å². The van der Waals surface area contributed by atoms with Crippen LogP contribution >= 0.6 is 0 Å². The van der Waals surface area contributed by atoms with Gasteiger partial charge in [0.05, 0.1) is 6.61 Å². The Morgan fingerprint density at radius 3 is 2.79 bits per heavy atom. The summed E-state index contributed by atoms with van der Waals surface area (Å²) in [5, 5.41) is 0. The minimum absolute atomic E-state index is 0.848. The van der Waals surface area contributed by atoms with Crippen molar-refractivity contribution < 1.29 is 4.74 Å². The lowest BCUT2D eigenvalue weighted by molar-refractivity contribution is 0.317. The first-order valence-electron chi connectivity index (χ1n) is 5.14. The Morgan fingerprint density at radius 1 is 1.36 bits per heavy atom. The van der Waals surface area contributed by atoms with Crippen molar-refractivity contribution >= 4 is 15.9 Å². The zero-order chi connectivity index (χ0) is 10.4. The molecule has 3 heteroatoms. The molecule has 0 saturated carbocycles. The monoisotopic (exact) mass is 209 g/mol. The van der Waals surface area contributed by atoms with Crippen LogP contribution < -0.4 is 9.64 Å². The van der Waals surface area contributed by atoms with Crippen LogP contribution in [0.4, 0.5) is 5.69 Å². The highest BCUT2D eigenvalue weighted by atomic mass is 28.1. The SMILES string of the molecule is CN(C)c1cccc(OCCC[SiH3])c1. The molecule has 0 unspecified atom stereocenters. The highest BCUT2D eigenvalue weighted by Gasteiger charge is 1.97. The molecule has 0 heterocycles. The number of benzene rings is 1. The largest absolute Gasteiger partial charge is 0.494 e. The van der Waals surface area contributed by atoms with Crippen molar-refractivity contribution in [2.75, 3.05) is 25.6 Å². The first-order chi connectivity index (χ1) is 6.74. The lowest BCUT2D eigenvalue weighted by Crippen LogP contribution is -2.08. The third-order valence-corrected chi connectivity index (χ3v) is 2.81. The van der Waals surface area contributed by atoms with E-state index in [1.165, 1.54) is 28.4 Å². The highest BCUT2D eigenvalue weighted by Crippen LogP contribution is 2.19. The smallest absolute Gasteiger partial charge is 0.121 e. The molecule has 0 aliphatic rings. The van der Waals surface area contributed by atoms with Gasteiger partial charge in [0.1, 0.15) is 5.75 Å². The molecule has 0 N–H and O–H groups in total. The Morgan fingerprint density at radius 2 is 2.14 bits per heavy atom. The van der Waals surface area contributed by atoms with Gasteiger partial charge in [-0.2, -0.15) is 0 Å². The summed E-state index contributed by atoms with van der Waals surface area (Å²) in [4.78, 5) is 2.08. The first-order valence-corrected chi connectivity index (χ1v) is 6.55. The third kappa shape index (κ3) is 3.42. The second-order valence-electron chi connectivity index (χ2n) is 3.59. The average Bonchev–Trinajstić information content (AvgIpc) is 2.19. The number of hydrogen-bond acceptors (Lipinski definition) is 2. The van der Waals surface area contributed by atoms with E-state index >= 15 is 0 Å². The van der Waals surface area contributed by atoms with Gasteiger partial charge in [-0.05, 0) is 18.6 Å². The normalized spacial score (nSPS) is 10.1. The fraction of sp³-hybridized carbons (Fsp3) is 0.455. The lowest BCUT2D eigenvalue weighted by Gasteiger charge is -2.13. The molecule has 0 fully saturated rings. The topological polar surface area (TPSA) is 12.5 Å². The summed E-state index contributed by atoms with van der Waals surface area (Å²) in [7, 11) is 5.35. The molecular weight excluding hydrogens is 190 g/mol. The summed E-state index contributed by atoms with van der Waals surface area (Å²) in [6.07, 6.45) is 1.18. The zero-order valence-electron chi connectivity index (χ0n) is 9.29. The van der Waals surface area contributed by atoms with Gasteiger partial charge in [-0.3, -0.25) is 0 Å². The Hall–Kier alpha value is -0.963. The van der Waals surface area contributed by atoms with Gasteiger partial charge < -0.3 is 9.64 Å². The van der Waals surface area contributed by atoms with Crippen molar-refractivity contribution in [2.24, 2.45) is 0 Å². The van der Waals surface area contributed by atoms with E-state index in [4.69, 9.17) is 4.74 Å². The molecule has 1 rings (SSSR count). The van der Waals surface area contributed by atoms with Crippen LogP contribution in [-0.2, 0) is 0 Å². The second kappa shape index (κ2) is 5.70. The Labute approximate surface area is 89.3 Å². The lowest BCUT2D eigenvalue weighted by atomic mass is 10.3. The van der Waals surface area contributed by atoms with Crippen molar-refractivity contribution in [2.45, 2.75) is 12.5 Å². The quantitative estimate of drug-likeness (QED) is 0.535. The van der Waals surface area contributed by atoms with Crippen molar-refractivity contribution in [1.82, 2.24) is 0 Å². The summed E-state index contributed by atoms with van der Waals surface area (Å²) < 4.78 is 5.63. The molecule has 0 aliphatic carbocycles. The predicted molar refractivity (Wildman–Crippen MR) is 65.6 cm³/mol. The molecule has 0 aromatic heterocycles. The van der Waals surface area contributed by atoms with Gasteiger partial charge in [0.15, 0.2) is 0 Å². The van der Waals surface area contributed by atoms with Crippen molar-refractivity contribution in [3.05, 3.63) is 24.3 Å². The molecule has 0 atom stereocenters. The van der Waals surface area contributed by atoms with Crippen molar-refractivity contribution in [1.29, 1.82) is 0 Å². The van der Waals surface area contributed by atoms with Crippen molar-refractivity contribution in [3.63, 3.8) is 0 Å². The van der Waals surface area contributed by atoms with E-state index in [0.29, 0.717) is 0 Å². The van der Waals surface area contributed by atoms with Gasteiger partial charge in [-0.1, -0.05) is 12.1 Å². The molecule has 2 nitrogen and oxygen atoms in total. The third-order valence-electron chi connectivity index (χ3n) is 2.10. The van der Waals surface area contributed by atoms with Crippen LogP contribution in [0.15, 0.2) is 24.3 Å². The summed E-state index contributed by atoms with van der Waals surface area (Å²) >= 11 is 0. The molecule has 0 saturated heterocycles. The molecule has 1 aromatic rings. The van der Waals surface area contributed by atoms with Gasteiger partial charge in [0.25, 0.3) is 0 Å². The van der Waals surface area contributed by atoms with Crippen LogP contribution in [-0.4, -0.2) is 30.9 Å². The average molecular weight is 209 g/mol. The predicted octanol–water partition coefficient (Wildman–Crippen LogP) is 1.31. The molecule has 0 amide bonds. The first kappa shape index (κ1) is 11.1. The Balaban J connectivity index is 2.55. The molecule has 0 radical (unpaired) electrons. The van der Waals surface area contributed by atoms with Gasteiger partial charge in [-0.25, -0.2) is 0 Å². The molecular formula is C11H19NOSi. The molecule has 78 valence electrons. The van der Waals surface area contributed by atoms with Crippen molar-refractivity contribution in [3.8, 4) is 5.75 Å². The zero-order valence-corrected chi connectivity index (χ0v) is 11.3. The maximum Gasteiger partial charge on any atom is 0.121 e. The summed E-state index contributed by atoms with van der Waals surface area (Å²) in [5.74, 6) is 0.978. The van der Waals surface area contributed by atoms with Gasteiger partial charge in [0, 0.05) is 36.1 Å². The number of nitrogens with zero attached hydrogens (tertiary/aromatic N) is 1. The minimum Gasteiger partial charge on any atom is -0.494 e. The maximum absolute atomic E-state index is 5.63. The standard InChI is InChI=1S/C11H19NOSi/c1-12(2)10-5-3-6-11(9-10)13-7-4-8-14/h3,5-6,9H,4,7-8H2,1-2,14H3. The van der Waals surface area contributed by atoms with E-state index in [0.717, 1.165) is 12.4 Å². The maximum atomic E-state index is 5.63. The summed E-state index contributed by atoms with van der Waals surface area (Å²) in [6, 6.07) is 9.52. The van der Waals surface area contributed by atoms with E-state index in [9.17, 15) is 0 Å². The highest BCUT2D eigenvalue weighted by molar-refractivity contribution is 6.08. The van der Waals surface area contributed by atoms with Crippen LogP contribution in [0.1, 0.15) is 6.42 Å². The van der Waals surface area contributed by atoms with E-state index in [-0.39, 0.29) is 0 Å². The second-order valence-corrected chi connectivity index (χ2v) is 4.59. The molecule has 14 heavy (non-hydrogen) atoms. The number of rotatable bonds is 5. The van der Waals surface area contributed by atoms with Gasteiger partial charge in [-0.15, -0.1) is 0 Å². The van der Waals surface area contributed by atoms with Crippen LogP contribution in [0.25, 0.3) is 0 Å². The number of ether oxygens (including phenoxy) is 1. The van der Waals surface area contributed by atoms with Crippen LogP contribution in [0.3, 0.4) is 0 Å². The summed E-state index contributed by atoms with van der Waals surface area (Å²) in [5.41, 5.74) is 1.19. The summed E-state index contributed by atoms with van der Waals surface area (Å²) in [6.45, 7) is 0.848. The fourth-order valence-electron chi connectivity index (χ4n) is 1.19. The molecule has 1 aromatic carbocycles. The van der Waals surface area contributed by atoms with Gasteiger partial charge >= 0.3 is 0 Å². The Kier molecular flexibility index (Phi) is 4.53. The minimum atomic E-state index is 0.848. The molecule has 0 bridgehead atoms. The van der Waals surface area contributed by atoms with Gasteiger partial charge in [0.2, 0.25) is 0 Å². The van der Waals surface area contributed by atoms with Crippen LogP contribution in [0, 0.1) is 0 Å².